The maximum absolute atomic E-state index is 12.6. The Bertz CT molecular complexity index is 877. The molecular formula is C18H17ClN3O2+. The quantitative estimate of drug-likeness (QED) is 0.780. The molecule has 1 unspecified atom stereocenters. The summed E-state index contributed by atoms with van der Waals surface area (Å²) in [4.78, 5) is 12.6. The van der Waals surface area contributed by atoms with Crippen LogP contribution in [0.25, 0.3) is 0 Å². The third-order valence-electron chi connectivity index (χ3n) is 4.43. The molecule has 1 spiro atoms. The summed E-state index contributed by atoms with van der Waals surface area (Å²) in [6.07, 6.45) is 0.597. The van der Waals surface area contributed by atoms with Crippen molar-refractivity contribution in [2.75, 3.05) is 6.61 Å². The van der Waals surface area contributed by atoms with E-state index in [0.29, 0.717) is 23.7 Å². The zero-order chi connectivity index (χ0) is 16.9. The molecule has 0 saturated carbocycles. The molecule has 24 heavy (non-hydrogen) atoms. The fraction of sp³-hybridized carbons (Fsp3) is 0.278. The van der Waals surface area contributed by atoms with Gasteiger partial charge in [-0.05, 0) is 55.3 Å². The SMILES string of the molecule is Cc1cc(C)c2c(c1)OCCC21N=[N+](c2ccc(Cl)cc2)C(=O)N1. The molecule has 0 fully saturated rings. The second kappa shape index (κ2) is 5.31. The van der Waals surface area contributed by atoms with Crippen LogP contribution in [0.15, 0.2) is 41.5 Å². The standard InChI is InChI=1S/C18H16ClN3O2/c1-11-9-12(2)16-15(10-11)24-8-7-18(16)20-17(23)22(21-18)14-5-3-13(19)4-6-14/h3-6,9-10H,7-8H2,1-2H3/p+1. The van der Waals surface area contributed by atoms with Gasteiger partial charge in [-0.25, -0.2) is 5.32 Å². The van der Waals surface area contributed by atoms with Crippen LogP contribution in [0, 0.1) is 13.8 Å². The van der Waals surface area contributed by atoms with Crippen LogP contribution in [0.3, 0.4) is 0 Å². The molecule has 2 aliphatic rings. The highest BCUT2D eigenvalue weighted by Crippen LogP contribution is 2.43. The number of nitrogens with one attached hydrogen (secondary N) is 1. The summed E-state index contributed by atoms with van der Waals surface area (Å²) in [5.74, 6) is 0.792. The number of hydrogen-bond donors (Lipinski definition) is 1. The molecule has 0 aliphatic carbocycles. The Balaban J connectivity index is 1.86. The maximum Gasteiger partial charge on any atom is 0.519 e. The third-order valence-corrected chi connectivity index (χ3v) is 4.68. The van der Waals surface area contributed by atoms with E-state index in [1.807, 2.05) is 19.9 Å². The zero-order valence-corrected chi connectivity index (χ0v) is 14.2. The van der Waals surface area contributed by atoms with Crippen LogP contribution in [-0.2, 0) is 5.66 Å². The lowest BCUT2D eigenvalue weighted by molar-refractivity contribution is -0.404. The number of carbonyl (C=O) groups excluding carboxylic acids is 1. The van der Waals surface area contributed by atoms with Crippen LogP contribution >= 0.6 is 11.6 Å². The fourth-order valence-electron chi connectivity index (χ4n) is 3.46. The number of amides is 2. The predicted octanol–water partition coefficient (Wildman–Crippen LogP) is 4.41. The Morgan fingerprint density at radius 1 is 1.25 bits per heavy atom. The van der Waals surface area contributed by atoms with Gasteiger partial charge in [0.15, 0.2) is 5.69 Å². The average Bonchev–Trinajstić information content (AvgIpc) is 2.84. The van der Waals surface area contributed by atoms with Gasteiger partial charge in [0.05, 0.1) is 18.6 Å². The summed E-state index contributed by atoms with van der Waals surface area (Å²) >= 11 is 5.93. The normalized spacial score (nSPS) is 22.0. The van der Waals surface area contributed by atoms with Crippen LogP contribution in [0.2, 0.25) is 5.02 Å². The largest absolute Gasteiger partial charge is 0.519 e. The molecule has 0 saturated heterocycles. The predicted molar refractivity (Wildman–Crippen MR) is 90.0 cm³/mol. The minimum absolute atomic E-state index is 0.245. The van der Waals surface area contributed by atoms with E-state index in [2.05, 4.69) is 11.4 Å². The van der Waals surface area contributed by atoms with E-state index in [0.717, 1.165) is 22.4 Å². The van der Waals surface area contributed by atoms with Crippen LogP contribution in [0.5, 0.6) is 5.75 Å². The van der Waals surface area contributed by atoms with Gasteiger partial charge in [-0.15, -0.1) is 0 Å². The lowest BCUT2D eigenvalue weighted by Gasteiger charge is -2.29. The van der Waals surface area contributed by atoms with Gasteiger partial charge in [0.2, 0.25) is 0 Å². The number of hydrogen-bond acceptors (Lipinski definition) is 3. The minimum atomic E-state index is -0.776. The summed E-state index contributed by atoms with van der Waals surface area (Å²) in [6.45, 7) is 4.56. The van der Waals surface area contributed by atoms with Crippen LogP contribution in [0.1, 0.15) is 23.1 Å². The lowest BCUT2D eigenvalue weighted by atomic mass is 9.89. The molecule has 2 aromatic rings. The van der Waals surface area contributed by atoms with Gasteiger partial charge in [0.25, 0.3) is 5.66 Å². The van der Waals surface area contributed by atoms with Crippen molar-refractivity contribution in [3.05, 3.63) is 58.1 Å². The van der Waals surface area contributed by atoms with E-state index in [9.17, 15) is 4.79 Å². The van der Waals surface area contributed by atoms with Crippen LogP contribution in [-0.4, -0.2) is 17.3 Å². The Hall–Kier alpha value is -2.40. The maximum atomic E-state index is 12.6. The first kappa shape index (κ1) is 15.1. The van der Waals surface area contributed by atoms with Crippen molar-refractivity contribution in [1.29, 1.82) is 0 Å². The van der Waals surface area contributed by atoms with E-state index < -0.39 is 5.66 Å². The van der Waals surface area contributed by atoms with Crippen molar-refractivity contribution < 1.29 is 14.2 Å². The topological polar surface area (TPSA) is 53.7 Å². The molecule has 0 bridgehead atoms. The van der Waals surface area contributed by atoms with Crippen molar-refractivity contribution in [3.8, 4) is 5.75 Å². The van der Waals surface area contributed by atoms with Gasteiger partial charge in [0, 0.05) is 5.02 Å². The molecule has 2 amide bonds. The van der Waals surface area contributed by atoms with Gasteiger partial charge >= 0.3 is 6.03 Å². The Morgan fingerprint density at radius 3 is 2.75 bits per heavy atom. The Labute approximate surface area is 144 Å². The van der Waals surface area contributed by atoms with Gasteiger partial charge in [-0.1, -0.05) is 27.5 Å². The summed E-state index contributed by atoms with van der Waals surface area (Å²) in [5, 5.41) is 8.42. The molecule has 1 atom stereocenters. The molecule has 122 valence electrons. The van der Waals surface area contributed by atoms with Crippen LogP contribution in [0.4, 0.5) is 10.5 Å². The number of carbonyl (C=O) groups is 1. The highest BCUT2D eigenvalue weighted by Gasteiger charge is 2.53. The minimum Gasteiger partial charge on any atom is -0.493 e. The van der Waals surface area contributed by atoms with Gasteiger partial charge < -0.3 is 4.74 Å². The highest BCUT2D eigenvalue weighted by molar-refractivity contribution is 6.30. The fourth-order valence-corrected chi connectivity index (χ4v) is 3.59. The van der Waals surface area contributed by atoms with Crippen molar-refractivity contribution in [3.63, 3.8) is 0 Å². The van der Waals surface area contributed by atoms with Gasteiger partial charge in [-0.2, -0.15) is 4.79 Å². The third kappa shape index (κ3) is 2.27. The zero-order valence-electron chi connectivity index (χ0n) is 13.5. The molecule has 4 rings (SSSR count). The molecule has 2 aromatic carbocycles. The number of urea groups is 1. The van der Waals surface area contributed by atoms with Crippen molar-refractivity contribution in [2.24, 2.45) is 5.11 Å². The van der Waals surface area contributed by atoms with Crippen molar-refractivity contribution in [1.82, 2.24) is 5.32 Å². The first-order valence-corrected chi connectivity index (χ1v) is 8.21. The highest BCUT2D eigenvalue weighted by atomic mass is 35.5. The first-order chi connectivity index (χ1) is 11.5. The van der Waals surface area contributed by atoms with E-state index >= 15 is 0 Å². The molecule has 5 nitrogen and oxygen atoms in total. The molecule has 0 radical (unpaired) electrons. The molecule has 2 aliphatic heterocycles. The summed E-state index contributed by atoms with van der Waals surface area (Å²) in [7, 11) is 0. The summed E-state index contributed by atoms with van der Waals surface area (Å²) in [5.41, 5.74) is 3.03. The number of rotatable bonds is 1. The summed E-state index contributed by atoms with van der Waals surface area (Å²) in [6, 6.07) is 10.9. The lowest BCUT2D eigenvalue weighted by Crippen LogP contribution is -2.43. The number of benzene rings is 2. The number of fused-ring (bicyclic) bond motifs is 2. The molecule has 2 heterocycles. The van der Waals surface area contributed by atoms with Gasteiger partial charge in [0.1, 0.15) is 5.75 Å². The number of halogens is 1. The Kier molecular flexibility index (Phi) is 3.35. The van der Waals surface area contributed by atoms with Crippen molar-refractivity contribution >= 4 is 23.3 Å². The first-order valence-electron chi connectivity index (χ1n) is 7.84. The van der Waals surface area contributed by atoms with Crippen molar-refractivity contribution in [2.45, 2.75) is 25.9 Å². The van der Waals surface area contributed by atoms with E-state index in [1.54, 1.807) is 24.3 Å². The molecule has 6 heteroatoms. The van der Waals surface area contributed by atoms with E-state index in [-0.39, 0.29) is 6.03 Å². The van der Waals surface area contributed by atoms with Gasteiger partial charge in [-0.3, -0.25) is 0 Å². The molecule has 1 N–H and O–H groups in total. The Morgan fingerprint density at radius 2 is 2.00 bits per heavy atom. The van der Waals surface area contributed by atoms with E-state index in [1.165, 1.54) is 4.70 Å². The second-order valence-electron chi connectivity index (χ2n) is 6.23. The molecule has 0 aromatic heterocycles. The summed E-state index contributed by atoms with van der Waals surface area (Å²) < 4.78 is 7.22. The number of aryl methyl sites for hydroxylation is 2. The molecular weight excluding hydrogens is 326 g/mol. The monoisotopic (exact) mass is 342 g/mol. The second-order valence-corrected chi connectivity index (χ2v) is 6.67. The smallest absolute Gasteiger partial charge is 0.493 e. The number of azo groups is 2. The number of ether oxygens (including phenoxy) is 1. The van der Waals surface area contributed by atoms with Crippen LogP contribution < -0.4 is 10.1 Å². The average molecular weight is 343 g/mol. The van der Waals surface area contributed by atoms with E-state index in [4.69, 9.17) is 21.5 Å². The number of nitrogens with zero attached hydrogens (tertiary/aromatic N) is 2.